The Morgan fingerprint density at radius 3 is 2.38 bits per heavy atom. The van der Waals surface area contributed by atoms with E-state index in [0.29, 0.717) is 0 Å². The number of benzene rings is 1. The average Bonchev–Trinajstić information content (AvgIpc) is 2.86. The van der Waals surface area contributed by atoms with Crippen LogP contribution in [0.5, 0.6) is 0 Å². The van der Waals surface area contributed by atoms with E-state index in [2.05, 4.69) is 80.5 Å². The minimum Gasteiger partial charge on any atom is -0.354 e. The first-order valence-corrected chi connectivity index (χ1v) is 11.9. The number of piperidine rings is 1. The lowest BCUT2D eigenvalue weighted by Crippen LogP contribution is -2.46. The zero-order valence-corrected chi connectivity index (χ0v) is 19.5. The van der Waals surface area contributed by atoms with Crippen LogP contribution in [0.3, 0.4) is 0 Å². The maximum Gasteiger partial charge on any atom is 0.193 e. The second-order valence-corrected chi connectivity index (χ2v) is 8.55. The van der Waals surface area contributed by atoms with Crippen molar-refractivity contribution in [2.75, 3.05) is 57.8 Å². The largest absolute Gasteiger partial charge is 0.354 e. The number of likely N-dealkylation sites (N-methyl/N-ethyl adjacent to an activating group) is 1. The highest BCUT2D eigenvalue weighted by Crippen LogP contribution is 2.20. The minimum atomic E-state index is 0.743. The normalized spacial score (nSPS) is 18.1. The first-order valence-electron chi connectivity index (χ1n) is 11.9. The van der Waals surface area contributed by atoms with Crippen molar-refractivity contribution in [1.82, 2.24) is 20.1 Å². The van der Waals surface area contributed by atoms with Gasteiger partial charge in [0.05, 0.1) is 0 Å². The Morgan fingerprint density at radius 2 is 1.75 bits per heavy atom. The fourth-order valence-corrected chi connectivity index (χ4v) is 4.45. The van der Waals surface area contributed by atoms with E-state index < -0.39 is 0 Å². The molecule has 2 saturated heterocycles. The van der Waals surface area contributed by atoms with Gasteiger partial charge >= 0.3 is 0 Å². The maximum atomic E-state index is 4.73. The molecule has 2 fully saturated rings. The molecular weight excluding hydrogens is 396 g/mol. The van der Waals surface area contributed by atoms with Gasteiger partial charge in [-0.1, -0.05) is 55.0 Å². The number of rotatable bonds is 5. The number of likely N-dealkylation sites (tertiary alicyclic amines) is 1. The number of piperazine rings is 1. The van der Waals surface area contributed by atoms with Crippen molar-refractivity contribution in [3.63, 3.8) is 0 Å². The molecule has 2 aliphatic heterocycles. The topological polar surface area (TPSA) is 47.0 Å². The molecule has 0 bridgehead atoms. The Morgan fingerprint density at radius 1 is 1.00 bits per heavy atom. The van der Waals surface area contributed by atoms with Gasteiger partial charge in [0, 0.05) is 59.1 Å². The molecule has 6 heteroatoms. The monoisotopic (exact) mass is 432 g/mol. The van der Waals surface area contributed by atoms with Crippen LogP contribution >= 0.6 is 0 Å². The summed E-state index contributed by atoms with van der Waals surface area (Å²) in [6.45, 7) is 10.5. The molecule has 2 aliphatic rings. The Labute approximate surface area is 192 Å². The predicted octanol–water partition coefficient (Wildman–Crippen LogP) is 3.48. The molecule has 3 heterocycles. The van der Waals surface area contributed by atoms with Crippen molar-refractivity contribution in [2.45, 2.75) is 26.3 Å². The Hall–Kier alpha value is -2.86. The smallest absolute Gasteiger partial charge is 0.193 e. The van der Waals surface area contributed by atoms with Crippen LogP contribution in [0.4, 0.5) is 5.82 Å². The van der Waals surface area contributed by atoms with Crippen LogP contribution < -0.4 is 10.2 Å². The number of guanidine groups is 1. The predicted molar refractivity (Wildman–Crippen MR) is 134 cm³/mol. The van der Waals surface area contributed by atoms with Crippen molar-refractivity contribution >= 4 is 17.9 Å². The second-order valence-electron chi connectivity index (χ2n) is 8.55. The minimum absolute atomic E-state index is 0.743. The lowest BCUT2D eigenvalue weighted by Gasteiger charge is -2.34. The summed E-state index contributed by atoms with van der Waals surface area (Å²) in [4.78, 5) is 16.5. The lowest BCUT2D eigenvalue weighted by atomic mass is 10.0. The summed E-state index contributed by atoms with van der Waals surface area (Å²) in [6, 6.07) is 14.9. The van der Waals surface area contributed by atoms with Gasteiger partial charge in [0.15, 0.2) is 5.96 Å². The Balaban J connectivity index is 1.25. The molecule has 0 radical (unpaired) electrons. The standard InChI is InChI=1S/C26H36N6/c1-3-30-15-17-31(18-16-30)25-10-9-24(20-28-25)21-29-26(27-2)32-13-11-23(12-14-32)19-22-7-5-4-6-8-22/h4-10,19-20H,3,11-18,21H2,1-2H3,(H,27,29). The third-order valence-electron chi connectivity index (χ3n) is 6.49. The molecule has 4 rings (SSSR count). The van der Waals surface area contributed by atoms with E-state index in [-0.39, 0.29) is 0 Å². The quantitative estimate of drug-likeness (QED) is 0.579. The number of pyridine rings is 1. The van der Waals surface area contributed by atoms with Crippen LogP contribution in [-0.4, -0.2) is 73.6 Å². The molecule has 32 heavy (non-hydrogen) atoms. The van der Waals surface area contributed by atoms with E-state index in [1.807, 2.05) is 13.2 Å². The molecule has 0 unspecified atom stereocenters. The van der Waals surface area contributed by atoms with Crippen LogP contribution in [0.15, 0.2) is 59.2 Å². The molecule has 0 saturated carbocycles. The number of hydrogen-bond donors (Lipinski definition) is 1. The number of nitrogens with one attached hydrogen (secondary N) is 1. The second kappa shape index (κ2) is 11.1. The fraction of sp³-hybridized carbons (Fsp3) is 0.462. The molecule has 0 aliphatic carbocycles. The Kier molecular flexibility index (Phi) is 7.77. The fourth-order valence-electron chi connectivity index (χ4n) is 4.45. The van der Waals surface area contributed by atoms with E-state index in [4.69, 9.17) is 4.98 Å². The zero-order chi connectivity index (χ0) is 22.2. The lowest BCUT2D eigenvalue weighted by molar-refractivity contribution is 0.270. The van der Waals surface area contributed by atoms with Gasteiger partial charge in [0.25, 0.3) is 0 Å². The van der Waals surface area contributed by atoms with E-state index >= 15 is 0 Å². The molecule has 0 amide bonds. The van der Waals surface area contributed by atoms with Crippen LogP contribution in [0.1, 0.15) is 30.9 Å². The molecule has 0 spiro atoms. The van der Waals surface area contributed by atoms with Gasteiger partial charge in [0.2, 0.25) is 0 Å². The van der Waals surface area contributed by atoms with E-state index in [0.717, 1.165) is 77.0 Å². The van der Waals surface area contributed by atoms with Crippen molar-refractivity contribution in [1.29, 1.82) is 0 Å². The van der Waals surface area contributed by atoms with Crippen molar-refractivity contribution in [3.05, 3.63) is 65.4 Å². The maximum absolute atomic E-state index is 4.73. The number of aromatic nitrogens is 1. The third kappa shape index (κ3) is 5.88. The first kappa shape index (κ1) is 22.3. The third-order valence-corrected chi connectivity index (χ3v) is 6.49. The number of hydrogen-bond acceptors (Lipinski definition) is 4. The first-order chi connectivity index (χ1) is 15.7. The van der Waals surface area contributed by atoms with Gasteiger partial charge in [-0.05, 0) is 36.6 Å². The summed E-state index contributed by atoms with van der Waals surface area (Å²) in [5.41, 5.74) is 3.99. The van der Waals surface area contributed by atoms with Gasteiger partial charge in [-0.15, -0.1) is 0 Å². The summed E-state index contributed by atoms with van der Waals surface area (Å²) in [6.07, 6.45) is 6.50. The number of aliphatic imine (C=N–C) groups is 1. The van der Waals surface area contributed by atoms with Gasteiger partial charge in [-0.2, -0.15) is 0 Å². The molecule has 1 N–H and O–H groups in total. The summed E-state index contributed by atoms with van der Waals surface area (Å²) in [5.74, 6) is 2.06. The SMILES string of the molecule is CCN1CCN(c2ccc(CNC(=NC)N3CCC(=Cc4ccccc4)CC3)cn2)CC1. The van der Waals surface area contributed by atoms with Gasteiger partial charge in [0.1, 0.15) is 5.82 Å². The molecule has 6 nitrogen and oxygen atoms in total. The number of anilines is 1. The van der Waals surface area contributed by atoms with Crippen molar-refractivity contribution in [2.24, 2.45) is 4.99 Å². The summed E-state index contributed by atoms with van der Waals surface area (Å²) in [7, 11) is 1.87. The van der Waals surface area contributed by atoms with Crippen molar-refractivity contribution < 1.29 is 0 Å². The highest BCUT2D eigenvalue weighted by molar-refractivity contribution is 5.80. The van der Waals surface area contributed by atoms with E-state index in [1.165, 1.54) is 16.7 Å². The molecule has 0 atom stereocenters. The molecular formula is C26H36N6. The van der Waals surface area contributed by atoms with Crippen LogP contribution in [0.25, 0.3) is 6.08 Å². The van der Waals surface area contributed by atoms with Crippen molar-refractivity contribution in [3.8, 4) is 0 Å². The molecule has 170 valence electrons. The molecule has 1 aromatic heterocycles. The highest BCUT2D eigenvalue weighted by atomic mass is 15.3. The molecule has 2 aromatic rings. The van der Waals surface area contributed by atoms with Crippen LogP contribution in [0.2, 0.25) is 0 Å². The highest BCUT2D eigenvalue weighted by Gasteiger charge is 2.18. The van der Waals surface area contributed by atoms with Gasteiger partial charge < -0.3 is 20.0 Å². The summed E-state index contributed by atoms with van der Waals surface area (Å²) < 4.78 is 0. The zero-order valence-electron chi connectivity index (χ0n) is 19.5. The van der Waals surface area contributed by atoms with Crippen LogP contribution in [0, 0.1) is 0 Å². The molecule has 1 aromatic carbocycles. The van der Waals surface area contributed by atoms with Gasteiger partial charge in [-0.25, -0.2) is 4.98 Å². The summed E-state index contributed by atoms with van der Waals surface area (Å²) in [5, 5.41) is 3.53. The van der Waals surface area contributed by atoms with E-state index in [9.17, 15) is 0 Å². The van der Waals surface area contributed by atoms with Gasteiger partial charge in [-0.3, -0.25) is 4.99 Å². The number of nitrogens with zero attached hydrogens (tertiary/aromatic N) is 5. The van der Waals surface area contributed by atoms with Crippen LogP contribution in [-0.2, 0) is 6.54 Å². The Bertz CT molecular complexity index is 888. The summed E-state index contributed by atoms with van der Waals surface area (Å²) >= 11 is 0. The average molecular weight is 433 g/mol. The van der Waals surface area contributed by atoms with E-state index in [1.54, 1.807) is 0 Å².